The van der Waals surface area contributed by atoms with E-state index in [0.717, 1.165) is 39.1 Å². The quantitative estimate of drug-likeness (QED) is 0.576. The third-order valence-corrected chi connectivity index (χ3v) is 7.33. The van der Waals surface area contributed by atoms with Gasteiger partial charge >= 0.3 is 0 Å². The second kappa shape index (κ2) is 7.01. The molecule has 0 radical (unpaired) electrons. The largest absolute Gasteiger partial charge is 0.294 e. The van der Waals surface area contributed by atoms with Crippen molar-refractivity contribution in [3.05, 3.63) is 33.7 Å². The molecule has 0 N–H and O–H groups in total. The molecule has 8 heteroatoms. The Morgan fingerprint density at radius 2 is 2.20 bits per heavy atom. The van der Waals surface area contributed by atoms with Crippen LogP contribution in [0.15, 0.2) is 33.1 Å². The molecular weight excluding hydrogens is 374 g/mol. The third-order valence-electron chi connectivity index (χ3n) is 4.42. The number of carbonyl (C=O) groups is 2. The van der Waals surface area contributed by atoms with E-state index in [1.807, 2.05) is 17.5 Å². The SMILES string of the molecule is CCSc1nnc(N2C(=O)C[C@@H](c3cccs3)C3=C2CCCC3=O)s1. The maximum absolute atomic E-state index is 12.9. The molecule has 0 spiro atoms. The van der Waals surface area contributed by atoms with Gasteiger partial charge in [-0.05, 0) is 30.0 Å². The predicted molar refractivity (Wildman–Crippen MR) is 101 cm³/mol. The molecule has 1 atom stereocenters. The normalized spacial score (nSPS) is 21.0. The number of hydrogen-bond donors (Lipinski definition) is 0. The zero-order valence-electron chi connectivity index (χ0n) is 13.7. The number of carbonyl (C=O) groups excluding carboxylic acids is 2. The van der Waals surface area contributed by atoms with E-state index in [0.29, 0.717) is 18.0 Å². The Hall–Kier alpha value is -1.51. The minimum absolute atomic E-state index is 0.0102. The Balaban J connectivity index is 1.79. The second-order valence-electron chi connectivity index (χ2n) is 5.92. The fourth-order valence-electron chi connectivity index (χ4n) is 3.42. The fraction of sp³-hybridized carbons (Fsp3) is 0.412. The molecule has 0 saturated heterocycles. The average Bonchev–Trinajstić information content (AvgIpc) is 3.26. The Bertz CT molecular complexity index is 841. The number of hydrogen-bond acceptors (Lipinski definition) is 7. The number of Topliss-reactive ketones (excluding diaryl/α,β-unsaturated/α-hetero) is 1. The van der Waals surface area contributed by atoms with E-state index < -0.39 is 0 Å². The number of aromatic nitrogens is 2. The molecule has 0 unspecified atom stereocenters. The van der Waals surface area contributed by atoms with E-state index in [1.165, 1.54) is 11.3 Å². The van der Waals surface area contributed by atoms with Gasteiger partial charge in [0.05, 0.1) is 0 Å². The highest BCUT2D eigenvalue weighted by Crippen LogP contribution is 2.45. The first-order valence-electron chi connectivity index (χ1n) is 8.28. The summed E-state index contributed by atoms with van der Waals surface area (Å²) in [6, 6.07) is 4.00. The molecule has 130 valence electrons. The molecule has 0 aromatic carbocycles. The summed E-state index contributed by atoms with van der Waals surface area (Å²) in [5.41, 5.74) is 1.66. The molecule has 1 aliphatic heterocycles. The van der Waals surface area contributed by atoms with Crippen LogP contribution in [0.3, 0.4) is 0 Å². The Morgan fingerprint density at radius 3 is 2.96 bits per heavy atom. The zero-order chi connectivity index (χ0) is 17.4. The van der Waals surface area contributed by atoms with Gasteiger partial charge in [0.25, 0.3) is 0 Å². The molecular formula is C17H17N3O2S3. The first kappa shape index (κ1) is 16.9. The number of ketones is 1. The lowest BCUT2D eigenvalue weighted by Crippen LogP contribution is -2.40. The van der Waals surface area contributed by atoms with Crippen LogP contribution in [-0.4, -0.2) is 27.6 Å². The van der Waals surface area contributed by atoms with Crippen LogP contribution in [0.4, 0.5) is 5.13 Å². The van der Waals surface area contributed by atoms with Crippen LogP contribution in [0.1, 0.15) is 43.4 Å². The van der Waals surface area contributed by atoms with E-state index in [2.05, 4.69) is 17.1 Å². The zero-order valence-corrected chi connectivity index (χ0v) is 16.2. The van der Waals surface area contributed by atoms with Gasteiger partial charge in [0, 0.05) is 34.9 Å². The van der Waals surface area contributed by atoms with Gasteiger partial charge in [0.2, 0.25) is 11.0 Å². The van der Waals surface area contributed by atoms with Gasteiger partial charge in [-0.15, -0.1) is 21.5 Å². The highest BCUT2D eigenvalue weighted by atomic mass is 32.2. The van der Waals surface area contributed by atoms with Gasteiger partial charge in [-0.3, -0.25) is 14.5 Å². The number of thioether (sulfide) groups is 1. The van der Waals surface area contributed by atoms with Crippen LogP contribution < -0.4 is 4.90 Å². The summed E-state index contributed by atoms with van der Waals surface area (Å²) in [6.07, 6.45) is 2.41. The van der Waals surface area contributed by atoms with Crippen molar-refractivity contribution in [3.63, 3.8) is 0 Å². The minimum Gasteiger partial charge on any atom is -0.294 e. The van der Waals surface area contributed by atoms with Gasteiger partial charge < -0.3 is 0 Å². The maximum atomic E-state index is 12.9. The lowest BCUT2D eigenvalue weighted by Gasteiger charge is -2.36. The van der Waals surface area contributed by atoms with Crippen LogP contribution in [0.25, 0.3) is 0 Å². The summed E-state index contributed by atoms with van der Waals surface area (Å²) in [7, 11) is 0. The second-order valence-corrected chi connectivity index (χ2v) is 9.37. The van der Waals surface area contributed by atoms with Crippen molar-refractivity contribution in [1.29, 1.82) is 0 Å². The molecule has 3 heterocycles. The number of allylic oxidation sites excluding steroid dienone is 2. The van der Waals surface area contributed by atoms with Crippen molar-refractivity contribution in [1.82, 2.24) is 10.2 Å². The Labute approximate surface area is 158 Å². The fourth-order valence-corrected chi connectivity index (χ4v) is 6.04. The molecule has 5 nitrogen and oxygen atoms in total. The van der Waals surface area contributed by atoms with E-state index in [-0.39, 0.29) is 17.6 Å². The summed E-state index contributed by atoms with van der Waals surface area (Å²) in [5, 5.41) is 11.0. The van der Waals surface area contributed by atoms with Crippen molar-refractivity contribution >= 4 is 51.3 Å². The van der Waals surface area contributed by atoms with Gasteiger partial charge in [0.15, 0.2) is 10.1 Å². The maximum Gasteiger partial charge on any atom is 0.234 e. The average molecular weight is 392 g/mol. The van der Waals surface area contributed by atoms with Crippen LogP contribution in [0, 0.1) is 0 Å². The van der Waals surface area contributed by atoms with Crippen molar-refractivity contribution in [2.45, 2.75) is 42.9 Å². The molecule has 2 aliphatic rings. The molecule has 0 saturated carbocycles. The number of thiophene rings is 1. The predicted octanol–water partition coefficient (Wildman–Crippen LogP) is 4.24. The van der Waals surface area contributed by atoms with Gasteiger partial charge in [-0.1, -0.05) is 36.1 Å². The van der Waals surface area contributed by atoms with E-state index in [4.69, 9.17) is 0 Å². The van der Waals surface area contributed by atoms with Crippen molar-refractivity contribution in [2.75, 3.05) is 10.7 Å². The molecule has 2 aromatic heterocycles. The highest BCUT2D eigenvalue weighted by molar-refractivity contribution is 8.01. The first-order chi connectivity index (χ1) is 12.2. The van der Waals surface area contributed by atoms with Crippen molar-refractivity contribution in [3.8, 4) is 0 Å². The van der Waals surface area contributed by atoms with E-state index >= 15 is 0 Å². The molecule has 25 heavy (non-hydrogen) atoms. The molecule has 0 bridgehead atoms. The minimum atomic E-state index is -0.107. The van der Waals surface area contributed by atoms with Crippen LogP contribution in [-0.2, 0) is 9.59 Å². The van der Waals surface area contributed by atoms with Gasteiger partial charge in [-0.2, -0.15) is 0 Å². The number of amides is 1. The van der Waals surface area contributed by atoms with Gasteiger partial charge in [-0.25, -0.2) is 0 Å². The van der Waals surface area contributed by atoms with Crippen LogP contribution in [0.2, 0.25) is 0 Å². The summed E-state index contributed by atoms with van der Waals surface area (Å²) >= 11 is 4.65. The summed E-state index contributed by atoms with van der Waals surface area (Å²) in [4.78, 5) is 28.4. The molecule has 0 fully saturated rings. The van der Waals surface area contributed by atoms with E-state index in [1.54, 1.807) is 28.0 Å². The van der Waals surface area contributed by atoms with Gasteiger partial charge in [0.1, 0.15) is 0 Å². The smallest absolute Gasteiger partial charge is 0.234 e. The third kappa shape index (κ3) is 3.07. The molecule has 2 aromatic rings. The summed E-state index contributed by atoms with van der Waals surface area (Å²) in [6.45, 7) is 2.06. The highest BCUT2D eigenvalue weighted by Gasteiger charge is 2.41. The topological polar surface area (TPSA) is 63.2 Å². The van der Waals surface area contributed by atoms with Crippen LogP contribution in [0.5, 0.6) is 0 Å². The van der Waals surface area contributed by atoms with Crippen LogP contribution >= 0.6 is 34.4 Å². The van der Waals surface area contributed by atoms with Crippen molar-refractivity contribution < 1.29 is 9.59 Å². The molecule has 1 amide bonds. The monoisotopic (exact) mass is 391 g/mol. The Morgan fingerprint density at radius 1 is 1.32 bits per heavy atom. The number of rotatable bonds is 4. The Kier molecular flexibility index (Phi) is 4.75. The molecule has 4 rings (SSSR count). The van der Waals surface area contributed by atoms with E-state index in [9.17, 15) is 9.59 Å². The molecule has 1 aliphatic carbocycles. The lowest BCUT2D eigenvalue weighted by atomic mass is 9.80. The number of anilines is 1. The first-order valence-corrected chi connectivity index (χ1v) is 11.0. The summed E-state index contributed by atoms with van der Waals surface area (Å²) in [5.74, 6) is 0.986. The van der Waals surface area contributed by atoms with Crippen molar-refractivity contribution in [2.24, 2.45) is 0 Å². The lowest BCUT2D eigenvalue weighted by molar-refractivity contribution is -0.119. The standard InChI is InChI=1S/C17H17N3O2S3/c1-2-23-17-19-18-16(25-17)20-11-5-3-6-12(21)15(11)10(9-14(20)22)13-7-4-8-24-13/h4,7-8,10H,2-3,5-6,9H2,1H3/t10-/m0/s1. The number of nitrogens with zero attached hydrogens (tertiary/aromatic N) is 3. The summed E-state index contributed by atoms with van der Waals surface area (Å²) < 4.78 is 0.856.